The molecule has 0 aliphatic carbocycles. The average Bonchev–Trinajstić information content (AvgIpc) is 3.14. The number of benzene rings is 2. The summed E-state index contributed by atoms with van der Waals surface area (Å²) in [7, 11) is 1.31. The lowest BCUT2D eigenvalue weighted by molar-refractivity contribution is -0.144. The summed E-state index contributed by atoms with van der Waals surface area (Å²) in [6, 6.07) is 14.4. The van der Waals surface area contributed by atoms with Gasteiger partial charge in [0.15, 0.2) is 0 Å². The van der Waals surface area contributed by atoms with Crippen LogP contribution in [0.25, 0.3) is 10.9 Å². The monoisotopic (exact) mass is 413 g/mol. The zero-order valence-electron chi connectivity index (χ0n) is 16.4. The van der Waals surface area contributed by atoms with Crippen LogP contribution in [0.15, 0.2) is 54.7 Å². The Kier molecular flexibility index (Phi) is 6.90. The number of rotatable bonds is 8. The van der Waals surface area contributed by atoms with Crippen molar-refractivity contribution in [1.29, 1.82) is 0 Å². The molecule has 0 fully saturated rings. The van der Waals surface area contributed by atoms with Crippen molar-refractivity contribution in [2.75, 3.05) is 13.7 Å². The number of carbonyl (C=O) groups excluding carboxylic acids is 2. The van der Waals surface area contributed by atoms with E-state index in [0.717, 1.165) is 22.0 Å². The lowest BCUT2D eigenvalue weighted by Crippen LogP contribution is -2.46. The van der Waals surface area contributed by atoms with Crippen LogP contribution in [0, 0.1) is 0 Å². The number of H-pyrrole nitrogens is 1. The fourth-order valence-corrected chi connectivity index (χ4v) is 3.58. The molecule has 6 nitrogen and oxygen atoms in total. The predicted molar refractivity (Wildman–Crippen MR) is 114 cm³/mol. The Hall–Kier alpha value is -2.83. The van der Waals surface area contributed by atoms with Crippen molar-refractivity contribution in [3.63, 3.8) is 0 Å². The van der Waals surface area contributed by atoms with Crippen molar-refractivity contribution in [3.05, 3.63) is 70.9 Å². The third-order valence-corrected chi connectivity index (χ3v) is 5.20. The van der Waals surface area contributed by atoms with E-state index in [1.807, 2.05) is 61.7 Å². The van der Waals surface area contributed by atoms with Gasteiger partial charge in [0.05, 0.1) is 13.7 Å². The molecule has 3 rings (SSSR count). The second kappa shape index (κ2) is 9.58. The van der Waals surface area contributed by atoms with Gasteiger partial charge in [-0.15, -0.1) is 0 Å². The van der Waals surface area contributed by atoms with E-state index < -0.39 is 12.0 Å². The summed E-state index contributed by atoms with van der Waals surface area (Å²) in [5.41, 5.74) is 2.83. The maximum Gasteiger partial charge on any atom is 0.328 e. The minimum absolute atomic E-state index is 0.0494. The molecule has 0 spiro atoms. The fraction of sp³-hybridized carbons (Fsp3) is 0.273. The van der Waals surface area contributed by atoms with Gasteiger partial charge in [-0.05, 0) is 30.2 Å². The van der Waals surface area contributed by atoms with Crippen LogP contribution >= 0.6 is 11.6 Å². The molecule has 0 bridgehead atoms. The Balaban J connectivity index is 1.63. The largest absolute Gasteiger partial charge is 0.467 e. The quantitative estimate of drug-likeness (QED) is 0.494. The Morgan fingerprint density at radius 1 is 1.14 bits per heavy atom. The third-order valence-electron chi connectivity index (χ3n) is 4.86. The van der Waals surface area contributed by atoms with Gasteiger partial charge in [-0.2, -0.15) is 0 Å². The minimum atomic E-state index is -0.774. The molecule has 1 aromatic heterocycles. The van der Waals surface area contributed by atoms with Crippen LogP contribution in [-0.2, 0) is 20.7 Å². The first-order chi connectivity index (χ1) is 14.0. The van der Waals surface area contributed by atoms with E-state index in [4.69, 9.17) is 16.3 Å². The van der Waals surface area contributed by atoms with Gasteiger partial charge in [-0.3, -0.25) is 4.79 Å². The molecule has 3 N–H and O–H groups in total. The first-order valence-electron chi connectivity index (χ1n) is 9.39. The van der Waals surface area contributed by atoms with E-state index in [-0.39, 0.29) is 18.5 Å². The fourth-order valence-electron chi connectivity index (χ4n) is 3.28. The summed E-state index contributed by atoms with van der Waals surface area (Å²) in [4.78, 5) is 27.9. The third kappa shape index (κ3) is 5.16. The number of methoxy groups -OCH3 is 1. The second-order valence-electron chi connectivity index (χ2n) is 6.83. The molecule has 0 radical (unpaired) electrons. The highest BCUT2D eigenvalue weighted by atomic mass is 35.5. The number of halogens is 1. The molecule has 7 heteroatoms. The van der Waals surface area contributed by atoms with Crippen molar-refractivity contribution in [3.8, 4) is 0 Å². The van der Waals surface area contributed by atoms with E-state index >= 15 is 0 Å². The number of nitrogens with one attached hydrogen (secondary N) is 3. The molecule has 3 aromatic rings. The van der Waals surface area contributed by atoms with Crippen molar-refractivity contribution < 1.29 is 14.3 Å². The van der Waals surface area contributed by atoms with Gasteiger partial charge >= 0.3 is 5.97 Å². The first-order valence-corrected chi connectivity index (χ1v) is 9.77. The predicted octanol–water partition coefficient (Wildman–Crippen LogP) is 3.37. The Morgan fingerprint density at radius 2 is 1.86 bits per heavy atom. The Morgan fingerprint density at radius 3 is 2.62 bits per heavy atom. The van der Waals surface area contributed by atoms with Gasteiger partial charge in [-0.25, -0.2) is 4.79 Å². The number of ether oxygens (including phenoxy) is 1. The molecule has 0 saturated heterocycles. The number of esters is 1. The maximum atomic E-state index is 12.5. The lowest BCUT2D eigenvalue weighted by atomic mass is 10.0. The smallest absolute Gasteiger partial charge is 0.328 e. The number of hydrogen-bond donors (Lipinski definition) is 3. The highest BCUT2D eigenvalue weighted by molar-refractivity contribution is 6.31. The number of para-hydroxylation sites is 1. The second-order valence-corrected chi connectivity index (χ2v) is 7.24. The van der Waals surface area contributed by atoms with Crippen LogP contribution in [0.5, 0.6) is 0 Å². The molecule has 29 heavy (non-hydrogen) atoms. The van der Waals surface area contributed by atoms with Crippen LogP contribution < -0.4 is 10.6 Å². The molecular weight excluding hydrogens is 390 g/mol. The van der Waals surface area contributed by atoms with Crippen LogP contribution in [0.1, 0.15) is 24.1 Å². The molecule has 0 aliphatic rings. The summed E-state index contributed by atoms with van der Waals surface area (Å²) in [6.45, 7) is 1.98. The average molecular weight is 414 g/mol. The standard InChI is InChI=1S/C22H24ClN3O3/c1-14(16-7-3-5-9-18(16)23)24-13-21(27)26-20(22(28)29-2)11-15-12-25-19-10-6-4-8-17(15)19/h3-10,12,14,20,24-25H,11,13H2,1-2H3,(H,26,27)/t14-,20-/m0/s1. The van der Waals surface area contributed by atoms with Gasteiger partial charge in [-0.1, -0.05) is 48.0 Å². The number of aromatic nitrogens is 1. The normalized spacial score (nSPS) is 13.1. The number of aromatic amines is 1. The summed E-state index contributed by atoms with van der Waals surface area (Å²) in [5, 5.41) is 7.56. The maximum absolute atomic E-state index is 12.5. The van der Waals surface area contributed by atoms with Gasteiger partial charge in [0.25, 0.3) is 0 Å². The molecule has 2 atom stereocenters. The zero-order valence-corrected chi connectivity index (χ0v) is 17.1. The Labute approximate surface area is 174 Å². The van der Waals surface area contributed by atoms with E-state index in [0.29, 0.717) is 11.4 Å². The zero-order chi connectivity index (χ0) is 20.8. The van der Waals surface area contributed by atoms with E-state index in [2.05, 4.69) is 15.6 Å². The number of hydrogen-bond acceptors (Lipinski definition) is 4. The number of fused-ring (bicyclic) bond motifs is 1. The van der Waals surface area contributed by atoms with Gasteiger partial charge in [0, 0.05) is 34.6 Å². The summed E-state index contributed by atoms with van der Waals surface area (Å²) < 4.78 is 4.88. The van der Waals surface area contributed by atoms with Crippen LogP contribution in [-0.4, -0.2) is 36.6 Å². The SMILES string of the molecule is COC(=O)[C@H](Cc1c[nH]c2ccccc12)NC(=O)CN[C@@H](C)c1ccccc1Cl. The summed E-state index contributed by atoms with van der Waals surface area (Å²) in [6.07, 6.45) is 2.19. The topological polar surface area (TPSA) is 83.2 Å². The van der Waals surface area contributed by atoms with Crippen LogP contribution in [0.2, 0.25) is 5.02 Å². The van der Waals surface area contributed by atoms with Crippen LogP contribution in [0.4, 0.5) is 0 Å². The van der Waals surface area contributed by atoms with Crippen molar-refractivity contribution in [1.82, 2.24) is 15.6 Å². The number of carbonyl (C=O) groups is 2. The van der Waals surface area contributed by atoms with Crippen molar-refractivity contribution in [2.45, 2.75) is 25.4 Å². The molecule has 1 amide bonds. The van der Waals surface area contributed by atoms with Gasteiger partial charge in [0.1, 0.15) is 6.04 Å². The lowest BCUT2D eigenvalue weighted by Gasteiger charge is -2.19. The molecular formula is C22H24ClN3O3. The highest BCUT2D eigenvalue weighted by Crippen LogP contribution is 2.22. The molecule has 2 aromatic carbocycles. The molecule has 0 unspecified atom stereocenters. The van der Waals surface area contributed by atoms with E-state index in [1.165, 1.54) is 7.11 Å². The Bertz CT molecular complexity index is 1000. The van der Waals surface area contributed by atoms with Gasteiger partial charge < -0.3 is 20.4 Å². The van der Waals surface area contributed by atoms with Crippen LogP contribution in [0.3, 0.4) is 0 Å². The van der Waals surface area contributed by atoms with Crippen molar-refractivity contribution in [2.24, 2.45) is 0 Å². The molecule has 152 valence electrons. The van der Waals surface area contributed by atoms with E-state index in [9.17, 15) is 9.59 Å². The molecule has 0 aliphatic heterocycles. The number of amides is 1. The van der Waals surface area contributed by atoms with Gasteiger partial charge in [0.2, 0.25) is 5.91 Å². The highest BCUT2D eigenvalue weighted by Gasteiger charge is 2.23. The molecule has 1 heterocycles. The summed E-state index contributed by atoms with van der Waals surface area (Å²) in [5.74, 6) is -0.776. The molecule has 0 saturated carbocycles. The minimum Gasteiger partial charge on any atom is -0.467 e. The first kappa shape index (κ1) is 20.9. The summed E-state index contributed by atoms with van der Waals surface area (Å²) >= 11 is 6.20. The van der Waals surface area contributed by atoms with E-state index in [1.54, 1.807) is 0 Å². The van der Waals surface area contributed by atoms with Crippen molar-refractivity contribution >= 4 is 34.4 Å².